The Kier molecular flexibility index (Phi) is 6.17. The van der Waals surface area contributed by atoms with Crippen LogP contribution in [0.3, 0.4) is 0 Å². The highest BCUT2D eigenvalue weighted by molar-refractivity contribution is 6.07. The summed E-state index contributed by atoms with van der Waals surface area (Å²) >= 11 is 0. The minimum absolute atomic E-state index is 0.137. The van der Waals surface area contributed by atoms with Gasteiger partial charge in [0, 0.05) is 17.5 Å². The summed E-state index contributed by atoms with van der Waals surface area (Å²) in [6.07, 6.45) is 4.40. The maximum absolute atomic E-state index is 14.3. The molecule has 0 fully saturated rings. The highest BCUT2D eigenvalue weighted by Crippen LogP contribution is 2.27. The van der Waals surface area contributed by atoms with E-state index in [0.717, 1.165) is 30.2 Å². The molecule has 2 aromatic carbocycles. The maximum atomic E-state index is 14.3. The Morgan fingerprint density at radius 2 is 1.89 bits per heavy atom. The second kappa shape index (κ2) is 8.76. The van der Waals surface area contributed by atoms with Crippen LogP contribution in [0.4, 0.5) is 4.39 Å². The van der Waals surface area contributed by atoms with Gasteiger partial charge in [0.1, 0.15) is 5.82 Å². The van der Waals surface area contributed by atoms with Crippen LogP contribution in [0.15, 0.2) is 48.5 Å². The summed E-state index contributed by atoms with van der Waals surface area (Å²) in [6.45, 7) is 4.79. The van der Waals surface area contributed by atoms with Crippen LogP contribution >= 0.6 is 0 Å². The van der Waals surface area contributed by atoms with Crippen LogP contribution in [0, 0.1) is 12.7 Å². The van der Waals surface area contributed by atoms with Gasteiger partial charge in [0.15, 0.2) is 0 Å². The molecule has 3 nitrogen and oxygen atoms in total. The number of fused-ring (bicyclic) bond motifs is 1. The molecule has 1 aromatic heterocycles. The number of nitrogens with zero attached hydrogens (tertiary/aromatic N) is 1. The predicted octanol–water partition coefficient (Wildman–Crippen LogP) is 5.66. The van der Waals surface area contributed by atoms with Crippen molar-refractivity contribution in [3.05, 3.63) is 65.5 Å². The first-order valence-corrected chi connectivity index (χ1v) is 9.54. The molecular weight excluding hydrogens is 339 g/mol. The van der Waals surface area contributed by atoms with Crippen molar-refractivity contribution in [2.75, 3.05) is 6.54 Å². The van der Waals surface area contributed by atoms with Gasteiger partial charge in [0.2, 0.25) is 0 Å². The topological polar surface area (TPSA) is 42.0 Å². The average Bonchev–Trinajstić information content (AvgIpc) is 2.67. The van der Waals surface area contributed by atoms with Gasteiger partial charge in [-0.3, -0.25) is 4.79 Å². The summed E-state index contributed by atoms with van der Waals surface area (Å²) in [5, 5.41) is 3.80. The molecule has 140 valence electrons. The van der Waals surface area contributed by atoms with E-state index in [4.69, 9.17) is 0 Å². The second-order valence-corrected chi connectivity index (χ2v) is 6.87. The molecule has 0 saturated heterocycles. The molecule has 3 rings (SSSR count). The molecule has 3 aromatic rings. The number of benzene rings is 2. The number of hydrogen-bond acceptors (Lipinski definition) is 2. The SMILES string of the molecule is CCCCCCNC(=O)c1cc(-c2ccccc2F)nc2ccc(C)cc12. The van der Waals surface area contributed by atoms with Crippen LogP contribution < -0.4 is 5.32 Å². The molecule has 1 amide bonds. The van der Waals surface area contributed by atoms with Crippen molar-refractivity contribution in [2.45, 2.75) is 39.5 Å². The number of carbonyl (C=O) groups is 1. The summed E-state index contributed by atoms with van der Waals surface area (Å²) in [5.74, 6) is -0.482. The Morgan fingerprint density at radius 3 is 2.67 bits per heavy atom. The molecule has 0 aliphatic carbocycles. The largest absolute Gasteiger partial charge is 0.352 e. The number of unbranched alkanes of at least 4 members (excludes halogenated alkanes) is 3. The first-order chi connectivity index (χ1) is 13.1. The third-order valence-electron chi connectivity index (χ3n) is 4.67. The lowest BCUT2D eigenvalue weighted by Crippen LogP contribution is -2.25. The fourth-order valence-corrected chi connectivity index (χ4v) is 3.18. The zero-order chi connectivity index (χ0) is 19.2. The molecule has 0 aliphatic heterocycles. The summed E-state index contributed by atoms with van der Waals surface area (Å²) in [6, 6.07) is 14.0. The molecule has 0 spiro atoms. The van der Waals surface area contributed by atoms with Crippen molar-refractivity contribution in [1.82, 2.24) is 10.3 Å². The Morgan fingerprint density at radius 1 is 1.07 bits per heavy atom. The van der Waals surface area contributed by atoms with E-state index in [1.807, 2.05) is 25.1 Å². The molecule has 1 heterocycles. The number of pyridine rings is 1. The zero-order valence-electron chi connectivity index (χ0n) is 15.9. The highest BCUT2D eigenvalue weighted by atomic mass is 19.1. The number of aryl methyl sites for hydroxylation is 1. The van der Waals surface area contributed by atoms with Gasteiger partial charge < -0.3 is 5.32 Å². The standard InChI is InChI=1S/C23H25FN2O/c1-3-4-5-8-13-25-23(27)19-15-22(17-9-6-7-10-20(17)24)26-21-12-11-16(2)14-18(19)21/h6-7,9-12,14-15H,3-5,8,13H2,1-2H3,(H,25,27). The molecule has 0 unspecified atom stereocenters. The van der Waals surface area contributed by atoms with Gasteiger partial charge in [-0.1, -0.05) is 49.9 Å². The number of hydrogen-bond donors (Lipinski definition) is 1. The van der Waals surface area contributed by atoms with E-state index in [1.54, 1.807) is 24.3 Å². The van der Waals surface area contributed by atoms with Crippen molar-refractivity contribution in [2.24, 2.45) is 0 Å². The number of aromatic nitrogens is 1. The number of halogens is 1. The predicted molar refractivity (Wildman–Crippen MR) is 108 cm³/mol. The van der Waals surface area contributed by atoms with Gasteiger partial charge in [-0.05, 0) is 43.7 Å². The minimum Gasteiger partial charge on any atom is -0.352 e. The van der Waals surface area contributed by atoms with Crippen LogP contribution in [0.2, 0.25) is 0 Å². The highest BCUT2D eigenvalue weighted by Gasteiger charge is 2.15. The number of amides is 1. The quantitative estimate of drug-likeness (QED) is 0.550. The smallest absolute Gasteiger partial charge is 0.252 e. The summed E-state index contributed by atoms with van der Waals surface area (Å²) in [7, 11) is 0. The molecule has 0 aliphatic rings. The number of nitrogens with one attached hydrogen (secondary N) is 1. The Labute approximate surface area is 159 Å². The van der Waals surface area contributed by atoms with E-state index in [9.17, 15) is 9.18 Å². The van der Waals surface area contributed by atoms with Crippen LogP contribution in [-0.2, 0) is 0 Å². The van der Waals surface area contributed by atoms with Crippen molar-refractivity contribution >= 4 is 16.8 Å². The Hall–Kier alpha value is -2.75. The summed E-state index contributed by atoms with van der Waals surface area (Å²) in [5.41, 5.74) is 3.16. The van der Waals surface area contributed by atoms with E-state index in [0.29, 0.717) is 28.9 Å². The van der Waals surface area contributed by atoms with Crippen LogP contribution in [0.5, 0.6) is 0 Å². The van der Waals surface area contributed by atoms with Gasteiger partial charge in [-0.25, -0.2) is 9.37 Å². The van der Waals surface area contributed by atoms with Crippen LogP contribution in [0.25, 0.3) is 22.2 Å². The number of carbonyl (C=O) groups excluding carboxylic acids is 1. The molecule has 0 radical (unpaired) electrons. The summed E-state index contributed by atoms with van der Waals surface area (Å²) in [4.78, 5) is 17.4. The van der Waals surface area contributed by atoms with E-state index < -0.39 is 0 Å². The molecule has 0 atom stereocenters. The fourth-order valence-electron chi connectivity index (χ4n) is 3.18. The molecule has 0 bridgehead atoms. The first kappa shape index (κ1) is 19.0. The monoisotopic (exact) mass is 364 g/mol. The molecule has 27 heavy (non-hydrogen) atoms. The average molecular weight is 364 g/mol. The van der Waals surface area contributed by atoms with Crippen molar-refractivity contribution in [3.8, 4) is 11.3 Å². The maximum Gasteiger partial charge on any atom is 0.252 e. The molecule has 0 saturated carbocycles. The van der Waals surface area contributed by atoms with E-state index in [-0.39, 0.29) is 11.7 Å². The van der Waals surface area contributed by atoms with Gasteiger partial charge >= 0.3 is 0 Å². The van der Waals surface area contributed by atoms with Gasteiger partial charge in [0.05, 0.1) is 16.8 Å². The number of rotatable bonds is 7. The Balaban J connectivity index is 1.97. The normalized spacial score (nSPS) is 10.9. The lowest BCUT2D eigenvalue weighted by Gasteiger charge is -2.12. The third-order valence-corrected chi connectivity index (χ3v) is 4.67. The van der Waals surface area contributed by atoms with Gasteiger partial charge in [-0.15, -0.1) is 0 Å². The molecular formula is C23H25FN2O. The van der Waals surface area contributed by atoms with E-state index in [2.05, 4.69) is 17.2 Å². The molecule has 1 N–H and O–H groups in total. The van der Waals surface area contributed by atoms with Gasteiger partial charge in [-0.2, -0.15) is 0 Å². The van der Waals surface area contributed by atoms with Crippen molar-refractivity contribution < 1.29 is 9.18 Å². The second-order valence-electron chi connectivity index (χ2n) is 6.87. The Bertz CT molecular complexity index is 952. The van der Waals surface area contributed by atoms with Gasteiger partial charge in [0.25, 0.3) is 5.91 Å². The van der Waals surface area contributed by atoms with Crippen LogP contribution in [0.1, 0.15) is 48.5 Å². The molecule has 4 heteroatoms. The van der Waals surface area contributed by atoms with Crippen molar-refractivity contribution in [3.63, 3.8) is 0 Å². The zero-order valence-corrected chi connectivity index (χ0v) is 15.9. The van der Waals surface area contributed by atoms with E-state index >= 15 is 0 Å². The first-order valence-electron chi connectivity index (χ1n) is 9.54. The summed E-state index contributed by atoms with van der Waals surface area (Å²) < 4.78 is 14.3. The van der Waals surface area contributed by atoms with E-state index in [1.165, 1.54) is 12.5 Å². The minimum atomic E-state index is -0.345. The lowest BCUT2D eigenvalue weighted by molar-refractivity contribution is 0.0954. The van der Waals surface area contributed by atoms with Crippen LogP contribution in [-0.4, -0.2) is 17.4 Å². The fraction of sp³-hybridized carbons (Fsp3) is 0.304. The lowest BCUT2D eigenvalue weighted by atomic mass is 10.0. The third kappa shape index (κ3) is 4.51. The van der Waals surface area contributed by atoms with Crippen molar-refractivity contribution in [1.29, 1.82) is 0 Å².